The molecule has 0 atom stereocenters. The third-order valence-corrected chi connectivity index (χ3v) is 3.29. The van der Waals surface area contributed by atoms with Crippen molar-refractivity contribution in [2.45, 2.75) is 39.2 Å². The third-order valence-electron chi connectivity index (χ3n) is 2.78. The van der Waals surface area contributed by atoms with E-state index in [1.54, 1.807) is 6.20 Å². The number of hydrogen-bond acceptors (Lipinski definition) is 3. The van der Waals surface area contributed by atoms with E-state index in [2.05, 4.69) is 29.1 Å². The van der Waals surface area contributed by atoms with Gasteiger partial charge in [-0.2, -0.15) is 0 Å². The maximum absolute atomic E-state index is 6.01. The molecule has 0 saturated heterocycles. The number of alkyl halides is 1. The zero-order chi connectivity index (χ0) is 11.3. The van der Waals surface area contributed by atoms with Crippen LogP contribution in [0, 0.1) is 6.92 Å². The van der Waals surface area contributed by atoms with Crippen LogP contribution in [-0.4, -0.2) is 21.4 Å². The first-order chi connectivity index (χ1) is 7.15. The predicted octanol–water partition coefficient (Wildman–Crippen LogP) is 2.99. The van der Waals surface area contributed by atoms with Crippen molar-refractivity contribution >= 4 is 17.4 Å². The van der Waals surface area contributed by atoms with Crippen LogP contribution in [0.15, 0.2) is 12.3 Å². The highest BCUT2D eigenvalue weighted by molar-refractivity contribution is 6.18. The van der Waals surface area contributed by atoms with Crippen LogP contribution in [0.25, 0.3) is 0 Å². The number of nitrogens with one attached hydrogen (secondary N) is 1. The van der Waals surface area contributed by atoms with Crippen LogP contribution in [0.5, 0.6) is 0 Å². The van der Waals surface area contributed by atoms with Gasteiger partial charge in [-0.1, -0.05) is 13.8 Å². The van der Waals surface area contributed by atoms with Crippen molar-refractivity contribution in [3.05, 3.63) is 18.1 Å². The molecule has 1 N–H and O–H groups in total. The van der Waals surface area contributed by atoms with Gasteiger partial charge in [-0.15, -0.1) is 11.6 Å². The van der Waals surface area contributed by atoms with Crippen LogP contribution >= 0.6 is 11.6 Å². The summed E-state index contributed by atoms with van der Waals surface area (Å²) in [5.74, 6) is 2.21. The monoisotopic (exact) mass is 227 g/mol. The van der Waals surface area contributed by atoms with E-state index < -0.39 is 0 Å². The molecule has 0 spiro atoms. The average Bonchev–Trinajstić information content (AvgIpc) is 2.26. The van der Waals surface area contributed by atoms with E-state index in [1.165, 1.54) is 0 Å². The first kappa shape index (κ1) is 12.2. The predicted molar refractivity (Wildman–Crippen MR) is 64.4 cm³/mol. The molecule has 1 heterocycles. The van der Waals surface area contributed by atoms with Crippen LogP contribution < -0.4 is 5.32 Å². The first-order valence-corrected chi connectivity index (χ1v) is 5.83. The Kier molecular flexibility index (Phi) is 4.33. The maximum atomic E-state index is 6.01. The van der Waals surface area contributed by atoms with E-state index >= 15 is 0 Å². The lowest BCUT2D eigenvalue weighted by Gasteiger charge is -2.31. The van der Waals surface area contributed by atoms with Gasteiger partial charge in [-0.3, -0.25) is 0 Å². The van der Waals surface area contributed by atoms with E-state index in [0.29, 0.717) is 5.88 Å². The molecule has 4 heteroatoms. The lowest BCUT2D eigenvalue weighted by Crippen LogP contribution is -2.39. The second kappa shape index (κ2) is 5.31. The molecular formula is C11H18ClN3. The van der Waals surface area contributed by atoms with Gasteiger partial charge in [-0.05, 0) is 25.8 Å². The van der Waals surface area contributed by atoms with Crippen LogP contribution in [0.2, 0.25) is 0 Å². The van der Waals surface area contributed by atoms with Crippen molar-refractivity contribution in [1.29, 1.82) is 0 Å². The minimum absolute atomic E-state index is 0.0532. The van der Waals surface area contributed by atoms with Crippen molar-refractivity contribution in [3.8, 4) is 0 Å². The molecule has 0 aliphatic rings. The Labute approximate surface area is 96.3 Å². The van der Waals surface area contributed by atoms with Gasteiger partial charge in [0.05, 0.1) is 5.54 Å². The SMILES string of the molecule is CCC(CC)(CCl)Nc1ccnc(C)n1. The van der Waals surface area contributed by atoms with Gasteiger partial charge in [-0.25, -0.2) is 9.97 Å². The zero-order valence-corrected chi connectivity index (χ0v) is 10.3. The number of anilines is 1. The zero-order valence-electron chi connectivity index (χ0n) is 9.55. The largest absolute Gasteiger partial charge is 0.363 e. The molecule has 1 aromatic rings. The van der Waals surface area contributed by atoms with Gasteiger partial charge in [0.2, 0.25) is 0 Å². The molecule has 0 aromatic carbocycles. The summed E-state index contributed by atoms with van der Waals surface area (Å²) in [6.45, 7) is 6.14. The van der Waals surface area contributed by atoms with Crippen molar-refractivity contribution in [2.75, 3.05) is 11.2 Å². The highest BCUT2D eigenvalue weighted by Gasteiger charge is 2.24. The molecule has 15 heavy (non-hydrogen) atoms. The Hall–Kier alpha value is -0.830. The molecule has 0 aliphatic heterocycles. The lowest BCUT2D eigenvalue weighted by molar-refractivity contribution is 0.482. The number of halogens is 1. The fourth-order valence-electron chi connectivity index (χ4n) is 1.45. The smallest absolute Gasteiger partial charge is 0.130 e. The van der Waals surface area contributed by atoms with Gasteiger partial charge >= 0.3 is 0 Å². The molecule has 84 valence electrons. The third kappa shape index (κ3) is 3.06. The molecule has 0 amide bonds. The van der Waals surface area contributed by atoms with Gasteiger partial charge in [0.15, 0.2) is 0 Å². The van der Waals surface area contributed by atoms with E-state index in [4.69, 9.17) is 11.6 Å². The number of aryl methyl sites for hydroxylation is 1. The highest BCUT2D eigenvalue weighted by Crippen LogP contribution is 2.22. The van der Waals surface area contributed by atoms with E-state index in [0.717, 1.165) is 24.5 Å². The molecule has 3 nitrogen and oxygen atoms in total. The quantitative estimate of drug-likeness (QED) is 0.786. The Balaban J connectivity index is 2.82. The van der Waals surface area contributed by atoms with Crippen LogP contribution in [0.3, 0.4) is 0 Å². The highest BCUT2D eigenvalue weighted by atomic mass is 35.5. The van der Waals surface area contributed by atoms with Gasteiger partial charge < -0.3 is 5.32 Å². The molecule has 0 saturated carbocycles. The standard InChI is InChI=1S/C11H18ClN3/c1-4-11(5-2,8-12)15-10-6-7-13-9(3)14-10/h6-7H,4-5,8H2,1-3H3,(H,13,14,15). The van der Waals surface area contributed by atoms with Gasteiger partial charge in [0.1, 0.15) is 11.6 Å². The van der Waals surface area contributed by atoms with Crippen molar-refractivity contribution in [1.82, 2.24) is 9.97 Å². The fourth-order valence-corrected chi connectivity index (χ4v) is 1.89. The summed E-state index contributed by atoms with van der Waals surface area (Å²) in [5, 5.41) is 3.40. The van der Waals surface area contributed by atoms with E-state index in [-0.39, 0.29) is 5.54 Å². The summed E-state index contributed by atoms with van der Waals surface area (Å²) in [4.78, 5) is 8.38. The molecule has 0 fully saturated rings. The molecule has 1 rings (SSSR count). The van der Waals surface area contributed by atoms with Crippen molar-refractivity contribution in [3.63, 3.8) is 0 Å². The Morgan fingerprint density at radius 2 is 2.07 bits per heavy atom. The van der Waals surface area contributed by atoms with Crippen LogP contribution in [0.1, 0.15) is 32.5 Å². The molecule has 0 radical (unpaired) electrons. The van der Waals surface area contributed by atoms with Crippen molar-refractivity contribution < 1.29 is 0 Å². The fraction of sp³-hybridized carbons (Fsp3) is 0.636. The maximum Gasteiger partial charge on any atom is 0.130 e. The molecule has 1 aromatic heterocycles. The minimum Gasteiger partial charge on any atom is -0.363 e. The summed E-state index contributed by atoms with van der Waals surface area (Å²) in [7, 11) is 0. The average molecular weight is 228 g/mol. The second-order valence-electron chi connectivity index (χ2n) is 3.74. The number of aromatic nitrogens is 2. The Bertz CT molecular complexity index is 302. The van der Waals surface area contributed by atoms with Gasteiger partial charge in [0.25, 0.3) is 0 Å². The number of nitrogens with zero attached hydrogens (tertiary/aromatic N) is 2. The van der Waals surface area contributed by atoms with Crippen LogP contribution in [-0.2, 0) is 0 Å². The molecule has 0 unspecified atom stereocenters. The van der Waals surface area contributed by atoms with Gasteiger partial charge in [0, 0.05) is 12.1 Å². The van der Waals surface area contributed by atoms with E-state index in [9.17, 15) is 0 Å². The second-order valence-corrected chi connectivity index (χ2v) is 4.00. The normalized spacial score (nSPS) is 11.5. The first-order valence-electron chi connectivity index (χ1n) is 5.29. The Morgan fingerprint density at radius 1 is 1.40 bits per heavy atom. The molecular weight excluding hydrogens is 210 g/mol. The topological polar surface area (TPSA) is 37.8 Å². The molecule has 0 bridgehead atoms. The minimum atomic E-state index is -0.0532. The summed E-state index contributed by atoms with van der Waals surface area (Å²) < 4.78 is 0. The number of rotatable bonds is 5. The Morgan fingerprint density at radius 3 is 2.53 bits per heavy atom. The van der Waals surface area contributed by atoms with Crippen molar-refractivity contribution in [2.24, 2.45) is 0 Å². The summed E-state index contributed by atoms with van der Waals surface area (Å²) >= 11 is 6.01. The summed E-state index contributed by atoms with van der Waals surface area (Å²) in [6, 6.07) is 1.87. The summed E-state index contributed by atoms with van der Waals surface area (Å²) in [5.41, 5.74) is -0.0532. The van der Waals surface area contributed by atoms with Crippen LogP contribution in [0.4, 0.5) is 5.82 Å². The molecule has 0 aliphatic carbocycles. The van der Waals surface area contributed by atoms with E-state index in [1.807, 2.05) is 13.0 Å². The summed E-state index contributed by atoms with van der Waals surface area (Å²) in [6.07, 6.45) is 3.72. The lowest BCUT2D eigenvalue weighted by atomic mass is 9.95. The number of hydrogen-bond donors (Lipinski definition) is 1.